The topological polar surface area (TPSA) is 62.5 Å². The van der Waals surface area contributed by atoms with Crippen molar-refractivity contribution in [2.45, 2.75) is 19.6 Å². The van der Waals surface area contributed by atoms with Crippen LogP contribution in [-0.4, -0.2) is 31.2 Å². The van der Waals surface area contributed by atoms with Crippen LogP contribution in [0, 0.1) is 11.3 Å². The Bertz CT molecular complexity index is 119. The molecule has 1 unspecified atom stereocenters. The van der Waals surface area contributed by atoms with Gasteiger partial charge in [-0.15, -0.1) is 0 Å². The van der Waals surface area contributed by atoms with Gasteiger partial charge in [-0.3, -0.25) is 0 Å². The predicted molar refractivity (Wildman–Crippen MR) is 38.7 cm³/mol. The summed E-state index contributed by atoms with van der Waals surface area (Å²) in [6.45, 7) is 2.75. The Morgan fingerprint density at radius 3 is 2.73 bits per heavy atom. The highest BCUT2D eigenvalue weighted by atomic mass is 16.6. The molecule has 0 fully saturated rings. The summed E-state index contributed by atoms with van der Waals surface area (Å²) in [5.41, 5.74) is 0. The molecule has 0 spiro atoms. The molecular formula is C7H13NO3. The van der Waals surface area contributed by atoms with Crippen molar-refractivity contribution < 1.29 is 14.6 Å². The standard InChI is InChI=1S/C7H13NO3/c1-7(9)11-6-5-10-4-2-3-8/h7,9H,2,4-6H2,1H3. The number of nitrogens with zero attached hydrogens (tertiary/aromatic N) is 1. The van der Waals surface area contributed by atoms with Crippen LogP contribution in [0.5, 0.6) is 0 Å². The molecule has 0 saturated carbocycles. The first kappa shape index (κ1) is 10.4. The highest BCUT2D eigenvalue weighted by molar-refractivity contribution is 4.66. The van der Waals surface area contributed by atoms with E-state index in [4.69, 9.17) is 19.8 Å². The van der Waals surface area contributed by atoms with Gasteiger partial charge in [-0.25, -0.2) is 0 Å². The fourth-order valence-corrected chi connectivity index (χ4v) is 0.497. The van der Waals surface area contributed by atoms with Crippen LogP contribution in [-0.2, 0) is 9.47 Å². The molecule has 0 radical (unpaired) electrons. The maximum atomic E-state index is 8.62. The molecule has 4 nitrogen and oxygen atoms in total. The van der Waals surface area contributed by atoms with E-state index in [1.807, 2.05) is 6.07 Å². The molecule has 0 amide bonds. The van der Waals surface area contributed by atoms with E-state index < -0.39 is 6.29 Å². The molecule has 0 aromatic rings. The van der Waals surface area contributed by atoms with Crippen molar-refractivity contribution in [3.8, 4) is 6.07 Å². The van der Waals surface area contributed by atoms with Gasteiger partial charge >= 0.3 is 0 Å². The lowest BCUT2D eigenvalue weighted by Crippen LogP contribution is -2.12. The fraction of sp³-hybridized carbons (Fsp3) is 0.857. The molecule has 64 valence electrons. The molecule has 0 bridgehead atoms. The van der Waals surface area contributed by atoms with Gasteiger partial charge in [-0.05, 0) is 6.92 Å². The zero-order chi connectivity index (χ0) is 8.53. The largest absolute Gasteiger partial charge is 0.378 e. The van der Waals surface area contributed by atoms with Gasteiger partial charge in [0, 0.05) is 0 Å². The van der Waals surface area contributed by atoms with Crippen LogP contribution >= 0.6 is 0 Å². The zero-order valence-corrected chi connectivity index (χ0v) is 6.62. The third kappa shape index (κ3) is 9.37. The Morgan fingerprint density at radius 2 is 2.18 bits per heavy atom. The molecule has 11 heavy (non-hydrogen) atoms. The summed E-state index contributed by atoms with van der Waals surface area (Å²) in [7, 11) is 0. The maximum Gasteiger partial charge on any atom is 0.151 e. The van der Waals surface area contributed by atoms with Gasteiger partial charge in [0.1, 0.15) is 0 Å². The number of aliphatic hydroxyl groups excluding tert-OH is 1. The van der Waals surface area contributed by atoms with E-state index in [0.29, 0.717) is 26.2 Å². The summed E-state index contributed by atoms with van der Waals surface area (Å²) >= 11 is 0. The second-order valence-electron chi connectivity index (χ2n) is 1.99. The number of aliphatic hydroxyl groups is 1. The van der Waals surface area contributed by atoms with Crippen molar-refractivity contribution in [2.24, 2.45) is 0 Å². The monoisotopic (exact) mass is 159 g/mol. The van der Waals surface area contributed by atoms with E-state index in [2.05, 4.69) is 0 Å². The fourth-order valence-electron chi connectivity index (χ4n) is 0.497. The lowest BCUT2D eigenvalue weighted by Gasteiger charge is -2.05. The number of ether oxygens (including phenoxy) is 2. The summed E-state index contributed by atoms with van der Waals surface area (Å²) in [6.07, 6.45) is -0.344. The van der Waals surface area contributed by atoms with E-state index in [0.717, 1.165) is 0 Å². The van der Waals surface area contributed by atoms with Crippen LogP contribution in [0.15, 0.2) is 0 Å². The lowest BCUT2D eigenvalue weighted by molar-refractivity contribution is -0.0991. The maximum absolute atomic E-state index is 8.62. The Balaban J connectivity index is 2.86. The Morgan fingerprint density at radius 1 is 1.45 bits per heavy atom. The predicted octanol–water partition coefficient (Wildman–Crippen LogP) is 0.272. The van der Waals surface area contributed by atoms with Crippen LogP contribution in [0.3, 0.4) is 0 Å². The highest BCUT2D eigenvalue weighted by Gasteiger charge is 1.93. The second-order valence-corrected chi connectivity index (χ2v) is 1.99. The Labute approximate surface area is 66.3 Å². The van der Waals surface area contributed by atoms with Crippen molar-refractivity contribution in [3.05, 3.63) is 0 Å². The average molecular weight is 159 g/mol. The smallest absolute Gasteiger partial charge is 0.151 e. The van der Waals surface area contributed by atoms with Crippen LogP contribution in [0.4, 0.5) is 0 Å². The number of rotatable bonds is 6. The van der Waals surface area contributed by atoms with Gasteiger partial charge in [0.15, 0.2) is 6.29 Å². The van der Waals surface area contributed by atoms with Gasteiger partial charge in [0.05, 0.1) is 32.3 Å². The molecule has 0 aliphatic heterocycles. The molecule has 0 rings (SSSR count). The normalized spacial score (nSPS) is 12.5. The number of nitriles is 1. The van der Waals surface area contributed by atoms with Gasteiger partial charge < -0.3 is 14.6 Å². The number of hydrogen-bond donors (Lipinski definition) is 1. The molecular weight excluding hydrogens is 146 g/mol. The average Bonchev–Trinajstić information content (AvgIpc) is 1.96. The first-order valence-electron chi connectivity index (χ1n) is 3.51. The molecule has 0 aliphatic rings. The van der Waals surface area contributed by atoms with Crippen molar-refractivity contribution in [3.63, 3.8) is 0 Å². The van der Waals surface area contributed by atoms with E-state index in [-0.39, 0.29) is 0 Å². The Kier molecular flexibility index (Phi) is 7.05. The first-order valence-corrected chi connectivity index (χ1v) is 3.51. The second kappa shape index (κ2) is 7.48. The summed E-state index contributed by atoms with van der Waals surface area (Å²) in [5.74, 6) is 0. The minimum atomic E-state index is -0.741. The summed E-state index contributed by atoms with van der Waals surface area (Å²) in [6, 6.07) is 1.95. The molecule has 0 saturated heterocycles. The Hall–Kier alpha value is -0.630. The molecule has 0 heterocycles. The van der Waals surface area contributed by atoms with E-state index in [9.17, 15) is 0 Å². The molecule has 1 N–H and O–H groups in total. The van der Waals surface area contributed by atoms with Gasteiger partial charge in [0.25, 0.3) is 0 Å². The minimum absolute atomic E-state index is 0.364. The lowest BCUT2D eigenvalue weighted by atomic mass is 10.5. The molecule has 0 aromatic carbocycles. The molecule has 0 aromatic heterocycles. The SMILES string of the molecule is CC(O)OCCOCCC#N. The van der Waals surface area contributed by atoms with E-state index >= 15 is 0 Å². The number of hydrogen-bond acceptors (Lipinski definition) is 4. The third-order valence-corrected chi connectivity index (χ3v) is 0.945. The van der Waals surface area contributed by atoms with Crippen LogP contribution in [0.25, 0.3) is 0 Å². The van der Waals surface area contributed by atoms with Crippen molar-refractivity contribution in [1.29, 1.82) is 5.26 Å². The van der Waals surface area contributed by atoms with Crippen molar-refractivity contribution in [1.82, 2.24) is 0 Å². The zero-order valence-electron chi connectivity index (χ0n) is 6.62. The van der Waals surface area contributed by atoms with Gasteiger partial charge in [-0.2, -0.15) is 5.26 Å². The summed E-state index contributed by atoms with van der Waals surface area (Å²) in [4.78, 5) is 0. The van der Waals surface area contributed by atoms with Crippen LogP contribution in [0.2, 0.25) is 0 Å². The molecule has 4 heteroatoms. The quantitative estimate of drug-likeness (QED) is 0.446. The van der Waals surface area contributed by atoms with Crippen LogP contribution in [0.1, 0.15) is 13.3 Å². The van der Waals surface area contributed by atoms with E-state index in [1.165, 1.54) is 6.92 Å². The minimum Gasteiger partial charge on any atom is -0.378 e. The van der Waals surface area contributed by atoms with Crippen molar-refractivity contribution >= 4 is 0 Å². The highest BCUT2D eigenvalue weighted by Crippen LogP contribution is 1.85. The molecule has 1 atom stereocenters. The van der Waals surface area contributed by atoms with Crippen molar-refractivity contribution in [2.75, 3.05) is 19.8 Å². The van der Waals surface area contributed by atoms with Crippen LogP contribution < -0.4 is 0 Å². The van der Waals surface area contributed by atoms with Gasteiger partial charge in [-0.1, -0.05) is 0 Å². The first-order chi connectivity index (χ1) is 5.27. The van der Waals surface area contributed by atoms with Gasteiger partial charge in [0.2, 0.25) is 0 Å². The summed E-state index contributed by atoms with van der Waals surface area (Å²) < 4.78 is 9.74. The van der Waals surface area contributed by atoms with E-state index in [1.54, 1.807) is 0 Å². The molecule has 0 aliphatic carbocycles. The summed E-state index contributed by atoms with van der Waals surface area (Å²) in [5, 5.41) is 16.7. The third-order valence-electron chi connectivity index (χ3n) is 0.945.